The lowest BCUT2D eigenvalue weighted by atomic mass is 10.2. The van der Waals surface area contributed by atoms with Gasteiger partial charge >= 0.3 is 0 Å². The highest BCUT2D eigenvalue weighted by atomic mass is 16.1. The van der Waals surface area contributed by atoms with E-state index in [1.165, 1.54) is 0 Å². The van der Waals surface area contributed by atoms with Gasteiger partial charge in [-0.25, -0.2) is 0 Å². The molecule has 0 aliphatic carbocycles. The van der Waals surface area contributed by atoms with Crippen molar-refractivity contribution in [1.82, 2.24) is 4.98 Å². The van der Waals surface area contributed by atoms with Gasteiger partial charge in [0.05, 0.1) is 5.69 Å². The number of hydrogen-bond acceptors (Lipinski definition) is 3. The molecule has 0 aliphatic heterocycles. The van der Waals surface area contributed by atoms with E-state index in [9.17, 15) is 4.79 Å². The van der Waals surface area contributed by atoms with Gasteiger partial charge in [-0.1, -0.05) is 19.1 Å². The Balaban J connectivity index is 2.73. The number of pyridine rings is 1. The average Bonchev–Trinajstić information content (AvgIpc) is 2.20. The van der Waals surface area contributed by atoms with Gasteiger partial charge in [-0.05, 0) is 12.5 Å². The van der Waals surface area contributed by atoms with Crippen molar-refractivity contribution in [2.75, 3.05) is 17.6 Å². The van der Waals surface area contributed by atoms with Gasteiger partial charge in [0.25, 0.3) is 5.56 Å². The van der Waals surface area contributed by atoms with E-state index in [-0.39, 0.29) is 11.2 Å². The lowest BCUT2D eigenvalue weighted by molar-refractivity contribution is 1.05. The highest BCUT2D eigenvalue weighted by Gasteiger charge is 2.01. The van der Waals surface area contributed by atoms with Crippen LogP contribution in [0.5, 0.6) is 0 Å². The van der Waals surface area contributed by atoms with E-state index in [1.807, 2.05) is 6.92 Å². The highest BCUT2D eigenvalue weighted by molar-refractivity contribution is 5.64. The largest absolute Gasteiger partial charge is 0.393 e. The minimum Gasteiger partial charge on any atom is -0.393 e. The summed E-state index contributed by atoms with van der Waals surface area (Å²) in [4.78, 5) is 13.6. The first-order valence-corrected chi connectivity index (χ1v) is 4.52. The fourth-order valence-corrected chi connectivity index (χ4v) is 0.990. The minimum absolute atomic E-state index is 0.219. The molecule has 0 fully saturated rings. The van der Waals surface area contributed by atoms with Gasteiger partial charge in [-0.15, -0.1) is 0 Å². The van der Waals surface area contributed by atoms with Gasteiger partial charge in [-0.3, -0.25) is 4.79 Å². The summed E-state index contributed by atoms with van der Waals surface area (Å²) in [6.07, 6.45) is 2.48. The van der Waals surface area contributed by atoms with E-state index in [4.69, 9.17) is 5.73 Å². The second-order valence-electron chi connectivity index (χ2n) is 3.09. The van der Waals surface area contributed by atoms with Crippen molar-refractivity contribution in [2.24, 2.45) is 0 Å². The van der Waals surface area contributed by atoms with Crippen molar-refractivity contribution in [1.29, 1.82) is 0 Å². The Morgan fingerprint density at radius 1 is 1.71 bits per heavy atom. The zero-order valence-corrected chi connectivity index (χ0v) is 8.26. The number of rotatable bonds is 4. The molecule has 0 amide bonds. The molecule has 0 aliphatic rings. The van der Waals surface area contributed by atoms with Crippen molar-refractivity contribution in [3.05, 3.63) is 34.8 Å². The Morgan fingerprint density at radius 3 is 3.07 bits per heavy atom. The van der Waals surface area contributed by atoms with Crippen LogP contribution in [0.15, 0.2) is 29.2 Å². The fourth-order valence-electron chi connectivity index (χ4n) is 0.990. The molecule has 1 heterocycles. The van der Waals surface area contributed by atoms with E-state index in [1.54, 1.807) is 12.3 Å². The summed E-state index contributed by atoms with van der Waals surface area (Å²) in [6, 6.07) is 1.74. The first-order valence-electron chi connectivity index (χ1n) is 4.52. The SMILES string of the molecule is C=C(CC)CNc1cc[nH]c(=O)c1N. The smallest absolute Gasteiger partial charge is 0.273 e. The third kappa shape index (κ3) is 2.39. The Bertz CT molecular complexity index is 381. The van der Waals surface area contributed by atoms with Gasteiger partial charge in [0.1, 0.15) is 5.69 Å². The van der Waals surface area contributed by atoms with Crippen molar-refractivity contribution in [2.45, 2.75) is 13.3 Å². The molecule has 0 radical (unpaired) electrons. The summed E-state index contributed by atoms with van der Waals surface area (Å²) < 4.78 is 0. The van der Waals surface area contributed by atoms with Gasteiger partial charge in [0.15, 0.2) is 0 Å². The number of aromatic amines is 1. The number of anilines is 2. The molecule has 1 aromatic heterocycles. The molecule has 0 bridgehead atoms. The van der Waals surface area contributed by atoms with Crippen LogP contribution < -0.4 is 16.6 Å². The predicted molar refractivity (Wildman–Crippen MR) is 59.4 cm³/mol. The summed E-state index contributed by atoms with van der Waals surface area (Å²) in [7, 11) is 0. The topological polar surface area (TPSA) is 70.9 Å². The normalized spacial score (nSPS) is 9.79. The molecule has 0 unspecified atom stereocenters. The summed E-state index contributed by atoms with van der Waals surface area (Å²) in [6.45, 7) is 6.53. The second kappa shape index (κ2) is 4.50. The number of nitrogens with one attached hydrogen (secondary N) is 2. The molecule has 0 atom stereocenters. The Kier molecular flexibility index (Phi) is 3.34. The fraction of sp³-hybridized carbons (Fsp3) is 0.300. The van der Waals surface area contributed by atoms with Crippen LogP contribution in [0.3, 0.4) is 0 Å². The first-order chi connectivity index (χ1) is 6.65. The molecule has 0 saturated heterocycles. The predicted octanol–water partition coefficient (Wildman–Crippen LogP) is 1.34. The maximum atomic E-state index is 11.1. The Morgan fingerprint density at radius 2 is 2.43 bits per heavy atom. The minimum atomic E-state index is -0.267. The highest BCUT2D eigenvalue weighted by Crippen LogP contribution is 2.11. The number of nitrogen functional groups attached to an aromatic ring is 1. The molecular formula is C10H15N3O. The lowest BCUT2D eigenvalue weighted by Crippen LogP contribution is -2.15. The van der Waals surface area contributed by atoms with Gasteiger partial charge in [0.2, 0.25) is 0 Å². The molecule has 4 N–H and O–H groups in total. The summed E-state index contributed by atoms with van der Waals surface area (Å²) in [5.74, 6) is 0. The first kappa shape index (κ1) is 10.4. The van der Waals surface area contributed by atoms with Gasteiger partial charge in [-0.2, -0.15) is 0 Å². The quantitative estimate of drug-likeness (QED) is 0.632. The van der Waals surface area contributed by atoms with Crippen LogP contribution >= 0.6 is 0 Å². The van der Waals surface area contributed by atoms with Crippen LogP contribution in [0.25, 0.3) is 0 Å². The Hall–Kier alpha value is -1.71. The number of aromatic nitrogens is 1. The maximum Gasteiger partial charge on any atom is 0.273 e. The number of H-pyrrole nitrogens is 1. The van der Waals surface area contributed by atoms with Crippen LogP contribution in [0, 0.1) is 0 Å². The van der Waals surface area contributed by atoms with E-state index in [0.717, 1.165) is 12.0 Å². The molecule has 0 saturated carbocycles. The molecule has 0 spiro atoms. The molecule has 4 heteroatoms. The van der Waals surface area contributed by atoms with Crippen molar-refractivity contribution in [3.8, 4) is 0 Å². The number of nitrogens with two attached hydrogens (primary N) is 1. The molecule has 4 nitrogen and oxygen atoms in total. The second-order valence-corrected chi connectivity index (χ2v) is 3.09. The molecule has 1 aromatic rings. The zero-order chi connectivity index (χ0) is 10.6. The van der Waals surface area contributed by atoms with Gasteiger partial charge < -0.3 is 16.0 Å². The van der Waals surface area contributed by atoms with Crippen LogP contribution in [-0.4, -0.2) is 11.5 Å². The monoisotopic (exact) mass is 193 g/mol. The molecule has 76 valence electrons. The Labute approximate surface area is 82.8 Å². The standard InChI is InChI=1S/C10H15N3O/c1-3-7(2)6-13-8-4-5-12-10(14)9(8)11/h4-5H,2-3,6,11H2,1H3,(H2,12,13,14). The third-order valence-electron chi connectivity index (χ3n) is 2.03. The maximum absolute atomic E-state index is 11.1. The van der Waals surface area contributed by atoms with Crippen molar-refractivity contribution < 1.29 is 0 Å². The average molecular weight is 193 g/mol. The lowest BCUT2D eigenvalue weighted by Gasteiger charge is -2.08. The van der Waals surface area contributed by atoms with Crippen molar-refractivity contribution in [3.63, 3.8) is 0 Å². The van der Waals surface area contributed by atoms with E-state index in [2.05, 4.69) is 16.9 Å². The van der Waals surface area contributed by atoms with Crippen LogP contribution in [0.4, 0.5) is 11.4 Å². The summed E-state index contributed by atoms with van der Waals surface area (Å²) in [5, 5.41) is 3.06. The molecule has 1 rings (SSSR count). The van der Waals surface area contributed by atoms with E-state index < -0.39 is 0 Å². The summed E-state index contributed by atoms with van der Waals surface area (Å²) in [5.41, 5.74) is 7.26. The third-order valence-corrected chi connectivity index (χ3v) is 2.03. The summed E-state index contributed by atoms with van der Waals surface area (Å²) >= 11 is 0. The molecular weight excluding hydrogens is 178 g/mol. The van der Waals surface area contributed by atoms with Crippen molar-refractivity contribution >= 4 is 11.4 Å². The number of hydrogen-bond donors (Lipinski definition) is 3. The van der Waals surface area contributed by atoms with Crippen LogP contribution in [0.1, 0.15) is 13.3 Å². The van der Waals surface area contributed by atoms with E-state index in [0.29, 0.717) is 12.2 Å². The molecule has 0 aromatic carbocycles. The zero-order valence-electron chi connectivity index (χ0n) is 8.26. The van der Waals surface area contributed by atoms with E-state index >= 15 is 0 Å². The van der Waals surface area contributed by atoms with Crippen LogP contribution in [-0.2, 0) is 0 Å². The van der Waals surface area contributed by atoms with Gasteiger partial charge in [0, 0.05) is 12.7 Å². The van der Waals surface area contributed by atoms with Crippen LogP contribution in [0.2, 0.25) is 0 Å². The molecule has 14 heavy (non-hydrogen) atoms.